The number of benzene rings is 1. The van der Waals surface area contributed by atoms with Gasteiger partial charge < -0.3 is 20.4 Å². The lowest BCUT2D eigenvalue weighted by atomic mass is 10.0. The van der Waals surface area contributed by atoms with Crippen LogP contribution in [0, 0.1) is 0 Å². The summed E-state index contributed by atoms with van der Waals surface area (Å²) >= 11 is 0. The Morgan fingerprint density at radius 1 is 1.24 bits per heavy atom. The maximum absolute atomic E-state index is 12.6. The topological polar surface area (TPSA) is 94.9 Å². The summed E-state index contributed by atoms with van der Waals surface area (Å²) in [7, 11) is 1.95. The van der Waals surface area contributed by atoms with Gasteiger partial charge in [0.1, 0.15) is 0 Å². The molecule has 0 spiro atoms. The van der Waals surface area contributed by atoms with E-state index >= 15 is 0 Å². The molecule has 2 amide bonds. The first-order valence-corrected chi connectivity index (χ1v) is 11.2. The second-order valence-corrected chi connectivity index (χ2v) is 8.32. The van der Waals surface area contributed by atoms with E-state index in [1.165, 1.54) is 5.56 Å². The SMILES string of the molecule is CCNC(=NCc1ccc(C(=O)N2CCNC(=O)C2)cc1)N1CCC(c2cnn(C)c2)C1.I. The summed E-state index contributed by atoms with van der Waals surface area (Å²) in [6.07, 6.45) is 5.14. The highest BCUT2D eigenvalue weighted by molar-refractivity contribution is 14.0. The van der Waals surface area contributed by atoms with E-state index in [4.69, 9.17) is 4.99 Å². The lowest BCUT2D eigenvalue weighted by Crippen LogP contribution is -2.49. The van der Waals surface area contributed by atoms with Crippen LogP contribution in [0.5, 0.6) is 0 Å². The molecule has 1 aromatic carbocycles. The van der Waals surface area contributed by atoms with Crippen molar-refractivity contribution in [2.24, 2.45) is 12.0 Å². The lowest BCUT2D eigenvalue weighted by Gasteiger charge is -2.26. The monoisotopic (exact) mass is 565 g/mol. The van der Waals surface area contributed by atoms with Crippen LogP contribution >= 0.6 is 24.0 Å². The van der Waals surface area contributed by atoms with Gasteiger partial charge in [0, 0.05) is 57.4 Å². The third-order valence-electron chi connectivity index (χ3n) is 5.96. The van der Waals surface area contributed by atoms with E-state index in [0.29, 0.717) is 31.1 Å². The van der Waals surface area contributed by atoms with Gasteiger partial charge in [0.15, 0.2) is 5.96 Å². The molecule has 10 heteroatoms. The molecule has 9 nitrogen and oxygen atoms in total. The number of guanidine groups is 1. The number of carbonyl (C=O) groups is 2. The zero-order chi connectivity index (χ0) is 22.5. The Bertz CT molecular complexity index is 989. The number of likely N-dealkylation sites (tertiary alicyclic amines) is 1. The van der Waals surface area contributed by atoms with Gasteiger partial charge in [-0.05, 0) is 36.6 Å². The summed E-state index contributed by atoms with van der Waals surface area (Å²) in [6, 6.07) is 7.52. The maximum atomic E-state index is 12.6. The van der Waals surface area contributed by atoms with E-state index in [1.54, 1.807) is 4.90 Å². The van der Waals surface area contributed by atoms with Gasteiger partial charge in [-0.25, -0.2) is 4.99 Å². The average molecular weight is 565 g/mol. The number of halogens is 1. The van der Waals surface area contributed by atoms with Gasteiger partial charge in [-0.15, -0.1) is 24.0 Å². The molecular formula is C23H32IN7O2. The van der Waals surface area contributed by atoms with Gasteiger partial charge in [-0.1, -0.05) is 12.1 Å². The summed E-state index contributed by atoms with van der Waals surface area (Å²) in [4.78, 5) is 32.9. The highest BCUT2D eigenvalue weighted by atomic mass is 127. The summed E-state index contributed by atoms with van der Waals surface area (Å²) in [6.45, 7) is 6.47. The fraction of sp³-hybridized carbons (Fsp3) is 0.478. The van der Waals surface area contributed by atoms with Crippen molar-refractivity contribution >= 4 is 41.8 Å². The molecular weight excluding hydrogens is 533 g/mol. The predicted molar refractivity (Wildman–Crippen MR) is 138 cm³/mol. The fourth-order valence-electron chi connectivity index (χ4n) is 4.21. The van der Waals surface area contributed by atoms with Crippen molar-refractivity contribution in [1.29, 1.82) is 0 Å². The van der Waals surface area contributed by atoms with Crippen LogP contribution in [0.15, 0.2) is 41.7 Å². The molecule has 0 bridgehead atoms. The van der Waals surface area contributed by atoms with Crippen molar-refractivity contribution in [2.45, 2.75) is 25.8 Å². The normalized spacial score (nSPS) is 18.7. The number of aliphatic imine (C=N–C) groups is 1. The summed E-state index contributed by atoms with van der Waals surface area (Å²) in [5, 5.41) is 10.4. The second kappa shape index (κ2) is 11.5. The van der Waals surface area contributed by atoms with Crippen molar-refractivity contribution in [3.05, 3.63) is 53.3 Å². The van der Waals surface area contributed by atoms with E-state index in [9.17, 15) is 9.59 Å². The zero-order valence-corrected chi connectivity index (χ0v) is 21.5. The highest BCUT2D eigenvalue weighted by Gasteiger charge is 2.27. The first-order chi connectivity index (χ1) is 15.5. The van der Waals surface area contributed by atoms with Crippen LogP contribution in [0.3, 0.4) is 0 Å². The Balaban J connectivity index is 0.00000306. The number of amides is 2. The minimum Gasteiger partial charge on any atom is -0.357 e. The highest BCUT2D eigenvalue weighted by Crippen LogP contribution is 2.26. The molecule has 2 saturated heterocycles. The van der Waals surface area contributed by atoms with Crippen molar-refractivity contribution in [2.75, 3.05) is 39.3 Å². The second-order valence-electron chi connectivity index (χ2n) is 8.32. The van der Waals surface area contributed by atoms with Gasteiger partial charge in [0.05, 0.1) is 19.3 Å². The smallest absolute Gasteiger partial charge is 0.254 e. The molecule has 2 N–H and O–H groups in total. The largest absolute Gasteiger partial charge is 0.357 e. The molecule has 2 fully saturated rings. The standard InChI is InChI=1S/C23H31N7O2.HI/c1-3-24-23(30-10-8-19(15-30)20-13-27-28(2)14-20)26-12-17-4-6-18(7-5-17)22(32)29-11-9-25-21(31)16-29;/h4-7,13-14,19H,3,8-12,15-16H2,1-2H3,(H,24,26)(H,25,31);1H. The number of hydrogen-bond donors (Lipinski definition) is 2. The van der Waals surface area contributed by atoms with Crippen LogP contribution in [0.1, 0.15) is 40.7 Å². The first kappa shape index (κ1) is 25.0. The Morgan fingerprint density at radius 2 is 2.03 bits per heavy atom. The van der Waals surface area contributed by atoms with Crippen LogP contribution in [-0.4, -0.2) is 76.6 Å². The molecule has 0 saturated carbocycles. The quantitative estimate of drug-likeness (QED) is 0.326. The fourth-order valence-corrected chi connectivity index (χ4v) is 4.21. The van der Waals surface area contributed by atoms with Crippen molar-refractivity contribution in [1.82, 2.24) is 30.2 Å². The molecule has 1 atom stereocenters. The molecule has 2 aromatic rings. The van der Waals surface area contributed by atoms with E-state index < -0.39 is 0 Å². The number of carbonyl (C=O) groups excluding carboxylic acids is 2. The van der Waals surface area contributed by atoms with Crippen LogP contribution in [0.4, 0.5) is 0 Å². The van der Waals surface area contributed by atoms with E-state index in [1.807, 2.05) is 42.2 Å². The minimum atomic E-state index is -0.112. The minimum absolute atomic E-state index is 0. The number of nitrogens with one attached hydrogen (secondary N) is 2. The average Bonchev–Trinajstić information content (AvgIpc) is 3.46. The molecule has 2 aliphatic rings. The molecule has 4 rings (SSSR count). The number of piperazine rings is 1. The van der Waals surface area contributed by atoms with Crippen LogP contribution in [0.25, 0.3) is 0 Å². The van der Waals surface area contributed by atoms with Gasteiger partial charge in [0.25, 0.3) is 5.91 Å². The van der Waals surface area contributed by atoms with Gasteiger partial charge in [-0.3, -0.25) is 14.3 Å². The molecule has 0 aliphatic carbocycles. The molecule has 1 aromatic heterocycles. The summed E-state index contributed by atoms with van der Waals surface area (Å²) in [5.41, 5.74) is 2.91. The number of rotatable bonds is 5. The van der Waals surface area contributed by atoms with Gasteiger partial charge in [-0.2, -0.15) is 5.10 Å². The Hall–Kier alpha value is -2.63. The van der Waals surface area contributed by atoms with E-state index in [0.717, 1.165) is 37.6 Å². The zero-order valence-electron chi connectivity index (χ0n) is 19.2. The number of hydrogen-bond acceptors (Lipinski definition) is 4. The van der Waals surface area contributed by atoms with Crippen LogP contribution in [-0.2, 0) is 18.4 Å². The van der Waals surface area contributed by atoms with Crippen molar-refractivity contribution in [3.63, 3.8) is 0 Å². The van der Waals surface area contributed by atoms with E-state index in [2.05, 4.69) is 33.8 Å². The lowest BCUT2D eigenvalue weighted by molar-refractivity contribution is -0.123. The molecule has 33 heavy (non-hydrogen) atoms. The number of aromatic nitrogens is 2. The van der Waals surface area contributed by atoms with Crippen LogP contribution in [0.2, 0.25) is 0 Å². The summed E-state index contributed by atoms with van der Waals surface area (Å²) < 4.78 is 1.85. The number of nitrogens with zero attached hydrogens (tertiary/aromatic N) is 5. The van der Waals surface area contributed by atoms with Gasteiger partial charge >= 0.3 is 0 Å². The summed E-state index contributed by atoms with van der Waals surface area (Å²) in [5.74, 6) is 1.16. The molecule has 1 unspecified atom stereocenters. The Morgan fingerprint density at radius 3 is 2.70 bits per heavy atom. The Labute approximate surface area is 211 Å². The van der Waals surface area contributed by atoms with Crippen LogP contribution < -0.4 is 10.6 Å². The van der Waals surface area contributed by atoms with Gasteiger partial charge in [0.2, 0.25) is 5.91 Å². The maximum Gasteiger partial charge on any atom is 0.254 e. The molecule has 178 valence electrons. The molecule has 3 heterocycles. The number of aryl methyl sites for hydroxylation is 1. The predicted octanol–water partition coefficient (Wildman–Crippen LogP) is 1.57. The third kappa shape index (κ3) is 6.24. The third-order valence-corrected chi connectivity index (χ3v) is 5.96. The van der Waals surface area contributed by atoms with E-state index in [-0.39, 0.29) is 42.3 Å². The first-order valence-electron chi connectivity index (χ1n) is 11.2. The molecule has 2 aliphatic heterocycles. The van der Waals surface area contributed by atoms with Crippen molar-refractivity contribution in [3.8, 4) is 0 Å². The van der Waals surface area contributed by atoms with Crippen molar-refractivity contribution < 1.29 is 9.59 Å². The molecule has 0 radical (unpaired) electrons. The Kier molecular flexibility index (Phi) is 8.70.